The summed E-state index contributed by atoms with van der Waals surface area (Å²) < 4.78 is 27.1. The van der Waals surface area contributed by atoms with E-state index < -0.39 is 16.0 Å². The van der Waals surface area contributed by atoms with Gasteiger partial charge in [-0.15, -0.1) is 0 Å². The fourth-order valence-electron chi connectivity index (χ4n) is 2.19. The number of hydrogen-bond acceptors (Lipinski definition) is 4. The molecule has 1 aromatic heterocycles. The Bertz CT molecular complexity index is 991. The molecular weight excluding hydrogens is 318 g/mol. The predicted molar refractivity (Wildman–Crippen MR) is 85.0 cm³/mol. The average Bonchev–Trinajstić information content (AvgIpc) is 2.86. The molecule has 0 fully saturated rings. The lowest BCUT2D eigenvalue weighted by molar-refractivity contribution is 0.0696. The van der Waals surface area contributed by atoms with Crippen molar-refractivity contribution in [3.63, 3.8) is 0 Å². The van der Waals surface area contributed by atoms with Crippen LogP contribution in [0.25, 0.3) is 11.0 Å². The number of hydrogen-bond donors (Lipinski definition) is 3. The highest BCUT2D eigenvalue weighted by Gasteiger charge is 2.15. The maximum absolute atomic E-state index is 12.3. The minimum absolute atomic E-state index is 0.0108. The van der Waals surface area contributed by atoms with Crippen LogP contribution in [-0.2, 0) is 10.0 Å². The smallest absolute Gasteiger partial charge is 0.335 e. The predicted octanol–water partition coefficient (Wildman–Crippen LogP) is 2.37. The maximum atomic E-state index is 12.3. The molecule has 0 aliphatic carbocycles. The first-order chi connectivity index (χ1) is 10.8. The van der Waals surface area contributed by atoms with Crippen molar-refractivity contribution in [2.45, 2.75) is 11.8 Å². The molecule has 0 amide bonds. The quantitative estimate of drug-likeness (QED) is 0.679. The molecular formula is C15H13N3O4S. The fourth-order valence-corrected chi connectivity index (χ4v) is 3.24. The third-order valence-electron chi connectivity index (χ3n) is 3.26. The van der Waals surface area contributed by atoms with Gasteiger partial charge in [-0.2, -0.15) is 0 Å². The van der Waals surface area contributed by atoms with Gasteiger partial charge in [0.25, 0.3) is 10.0 Å². The molecule has 8 heteroatoms. The van der Waals surface area contributed by atoms with Crippen molar-refractivity contribution in [1.82, 2.24) is 9.97 Å². The monoisotopic (exact) mass is 331 g/mol. The van der Waals surface area contributed by atoms with Crippen molar-refractivity contribution < 1.29 is 18.3 Å². The number of fused-ring (bicyclic) bond motifs is 1. The number of imidazole rings is 1. The Hall–Kier alpha value is -2.87. The number of nitrogens with one attached hydrogen (secondary N) is 2. The first-order valence-electron chi connectivity index (χ1n) is 6.68. The summed E-state index contributed by atoms with van der Waals surface area (Å²) in [5, 5.41) is 8.84. The Labute approximate surface area is 132 Å². The van der Waals surface area contributed by atoms with Gasteiger partial charge >= 0.3 is 5.97 Å². The van der Waals surface area contributed by atoms with Crippen LogP contribution >= 0.6 is 0 Å². The van der Waals surface area contributed by atoms with E-state index >= 15 is 0 Å². The number of aromatic amines is 1. The second-order valence-corrected chi connectivity index (χ2v) is 6.67. The number of rotatable bonds is 4. The molecule has 0 radical (unpaired) electrons. The Morgan fingerprint density at radius 2 is 1.87 bits per heavy atom. The van der Waals surface area contributed by atoms with Gasteiger partial charge in [0.1, 0.15) is 5.82 Å². The van der Waals surface area contributed by atoms with Crippen molar-refractivity contribution >= 4 is 32.7 Å². The summed E-state index contributed by atoms with van der Waals surface area (Å²) in [6.45, 7) is 1.81. The molecule has 0 spiro atoms. The molecule has 0 atom stereocenters. The van der Waals surface area contributed by atoms with Crippen LogP contribution < -0.4 is 4.72 Å². The van der Waals surface area contributed by atoms with Crippen molar-refractivity contribution in [2.24, 2.45) is 0 Å². The number of sulfonamides is 1. The normalized spacial score (nSPS) is 11.5. The minimum atomic E-state index is -3.79. The van der Waals surface area contributed by atoms with E-state index in [4.69, 9.17) is 5.11 Å². The Balaban J connectivity index is 1.90. The third kappa shape index (κ3) is 3.02. The number of aromatic nitrogens is 2. The van der Waals surface area contributed by atoms with E-state index in [-0.39, 0.29) is 10.5 Å². The Morgan fingerprint density at radius 3 is 2.52 bits per heavy atom. The first-order valence-corrected chi connectivity index (χ1v) is 8.16. The number of carboxylic acid groups (broad SMARTS) is 1. The molecule has 3 rings (SSSR count). The summed E-state index contributed by atoms with van der Waals surface area (Å²) in [6.07, 6.45) is 0. The van der Waals surface area contributed by atoms with Gasteiger partial charge in [0.05, 0.1) is 27.2 Å². The second-order valence-electron chi connectivity index (χ2n) is 4.99. The van der Waals surface area contributed by atoms with Crippen LogP contribution in [0.5, 0.6) is 0 Å². The standard InChI is InChI=1S/C15H13N3O4S/c1-9-16-13-7-4-11(8-14(13)17-9)18-23(21,22)12-5-2-10(3-6-12)15(19)20/h2-8,18H,1H3,(H,16,17)(H,19,20). The zero-order valence-corrected chi connectivity index (χ0v) is 12.9. The van der Waals surface area contributed by atoms with Gasteiger partial charge in [-0.1, -0.05) is 0 Å². The summed E-state index contributed by atoms with van der Waals surface area (Å²) in [7, 11) is -3.79. The molecule has 23 heavy (non-hydrogen) atoms. The highest BCUT2D eigenvalue weighted by atomic mass is 32.2. The van der Waals surface area contributed by atoms with Crippen LogP contribution in [0.4, 0.5) is 5.69 Å². The zero-order chi connectivity index (χ0) is 16.6. The van der Waals surface area contributed by atoms with Crippen molar-refractivity contribution in [3.8, 4) is 0 Å². The van der Waals surface area contributed by atoms with E-state index in [1.54, 1.807) is 18.2 Å². The first kappa shape index (κ1) is 15.0. The van der Waals surface area contributed by atoms with Crippen molar-refractivity contribution in [2.75, 3.05) is 4.72 Å². The average molecular weight is 331 g/mol. The number of aryl methyl sites for hydroxylation is 1. The lowest BCUT2D eigenvalue weighted by atomic mass is 10.2. The summed E-state index contributed by atoms with van der Waals surface area (Å²) >= 11 is 0. The molecule has 0 aliphatic rings. The SMILES string of the molecule is Cc1nc2ccc(NS(=O)(=O)c3ccc(C(=O)O)cc3)cc2[nH]1. The molecule has 0 unspecified atom stereocenters. The number of benzene rings is 2. The van der Waals surface area contributed by atoms with Gasteiger partial charge in [-0.05, 0) is 49.4 Å². The second kappa shape index (κ2) is 5.40. The van der Waals surface area contributed by atoms with E-state index in [1.807, 2.05) is 6.92 Å². The molecule has 3 N–H and O–H groups in total. The minimum Gasteiger partial charge on any atom is -0.478 e. The van der Waals surface area contributed by atoms with E-state index in [0.717, 1.165) is 16.9 Å². The molecule has 0 saturated heterocycles. The summed E-state index contributed by atoms with van der Waals surface area (Å²) in [6, 6.07) is 9.99. The van der Waals surface area contributed by atoms with Crippen molar-refractivity contribution in [3.05, 3.63) is 53.9 Å². The van der Waals surface area contributed by atoms with Crippen LogP contribution in [0.15, 0.2) is 47.4 Å². The Morgan fingerprint density at radius 1 is 1.17 bits per heavy atom. The van der Waals surface area contributed by atoms with Crippen LogP contribution in [-0.4, -0.2) is 29.5 Å². The highest BCUT2D eigenvalue weighted by Crippen LogP contribution is 2.20. The van der Waals surface area contributed by atoms with E-state index in [2.05, 4.69) is 14.7 Å². The van der Waals surface area contributed by atoms with Crippen LogP contribution in [0, 0.1) is 6.92 Å². The summed E-state index contributed by atoms with van der Waals surface area (Å²) in [5.74, 6) is -0.369. The number of aromatic carboxylic acids is 1. The number of carbonyl (C=O) groups is 1. The van der Waals surface area contributed by atoms with Gasteiger partial charge in [-0.25, -0.2) is 18.2 Å². The molecule has 7 nitrogen and oxygen atoms in total. The number of H-pyrrole nitrogens is 1. The summed E-state index contributed by atoms with van der Waals surface area (Å²) in [5.41, 5.74) is 1.89. The van der Waals surface area contributed by atoms with Gasteiger partial charge in [0, 0.05) is 0 Å². The third-order valence-corrected chi connectivity index (χ3v) is 4.66. The van der Waals surface area contributed by atoms with Gasteiger partial charge in [0.2, 0.25) is 0 Å². The number of carboxylic acids is 1. The van der Waals surface area contributed by atoms with Gasteiger partial charge in [0.15, 0.2) is 0 Å². The molecule has 0 aliphatic heterocycles. The van der Waals surface area contributed by atoms with Gasteiger partial charge in [-0.3, -0.25) is 4.72 Å². The molecule has 118 valence electrons. The zero-order valence-electron chi connectivity index (χ0n) is 12.1. The topological polar surface area (TPSA) is 112 Å². The molecule has 1 heterocycles. The van der Waals surface area contributed by atoms with Crippen molar-refractivity contribution in [1.29, 1.82) is 0 Å². The summed E-state index contributed by atoms with van der Waals surface area (Å²) in [4.78, 5) is 18.1. The van der Waals surface area contributed by atoms with Crippen LogP contribution in [0.3, 0.4) is 0 Å². The largest absolute Gasteiger partial charge is 0.478 e. The van der Waals surface area contributed by atoms with E-state index in [0.29, 0.717) is 5.69 Å². The lowest BCUT2D eigenvalue weighted by Crippen LogP contribution is -2.13. The van der Waals surface area contributed by atoms with Gasteiger partial charge < -0.3 is 10.1 Å². The fraction of sp³-hybridized carbons (Fsp3) is 0.0667. The van der Waals surface area contributed by atoms with E-state index in [1.165, 1.54) is 24.3 Å². The lowest BCUT2D eigenvalue weighted by Gasteiger charge is -2.08. The number of anilines is 1. The van der Waals surface area contributed by atoms with Crippen LogP contribution in [0.2, 0.25) is 0 Å². The highest BCUT2D eigenvalue weighted by molar-refractivity contribution is 7.92. The Kier molecular flexibility index (Phi) is 3.53. The van der Waals surface area contributed by atoms with E-state index in [9.17, 15) is 13.2 Å². The molecule has 3 aromatic rings. The number of nitrogens with zero attached hydrogens (tertiary/aromatic N) is 1. The molecule has 0 bridgehead atoms. The molecule has 0 saturated carbocycles. The van der Waals surface area contributed by atoms with Crippen LogP contribution in [0.1, 0.15) is 16.2 Å². The molecule has 2 aromatic carbocycles. The maximum Gasteiger partial charge on any atom is 0.335 e.